The first kappa shape index (κ1) is 19.7. The first-order chi connectivity index (χ1) is 14.1. The average Bonchev–Trinajstić information content (AvgIpc) is 2.72. The molecule has 2 aromatic carbocycles. The molecule has 2 unspecified atom stereocenters. The Labute approximate surface area is 171 Å². The van der Waals surface area contributed by atoms with Gasteiger partial charge in [-0.15, -0.1) is 0 Å². The van der Waals surface area contributed by atoms with Crippen LogP contribution in [0.3, 0.4) is 0 Å². The van der Waals surface area contributed by atoms with E-state index in [0.717, 1.165) is 16.9 Å². The van der Waals surface area contributed by atoms with E-state index in [1.165, 1.54) is 0 Å². The summed E-state index contributed by atoms with van der Waals surface area (Å²) >= 11 is 0. The first-order valence-electron chi connectivity index (χ1n) is 9.98. The maximum Gasteiger partial charge on any atom is 0.410 e. The second kappa shape index (κ2) is 8.43. The summed E-state index contributed by atoms with van der Waals surface area (Å²) in [5.74, 6) is 0.775. The quantitative estimate of drug-likeness (QED) is 0.839. The Morgan fingerprint density at radius 2 is 1.79 bits per heavy atom. The Balaban J connectivity index is 1.43. The van der Waals surface area contributed by atoms with E-state index >= 15 is 0 Å². The zero-order chi connectivity index (χ0) is 20.3. The predicted molar refractivity (Wildman–Crippen MR) is 108 cm³/mol. The highest BCUT2D eigenvalue weighted by atomic mass is 16.6. The van der Waals surface area contributed by atoms with Crippen LogP contribution < -0.4 is 4.74 Å². The Kier molecular flexibility index (Phi) is 5.74. The number of ether oxygens (including phenoxy) is 3. The summed E-state index contributed by atoms with van der Waals surface area (Å²) in [6.45, 7) is 1.07. The van der Waals surface area contributed by atoms with Crippen molar-refractivity contribution in [3.63, 3.8) is 0 Å². The number of piperidine rings is 1. The Morgan fingerprint density at radius 3 is 2.48 bits per heavy atom. The largest absolute Gasteiger partial charge is 0.497 e. The topological polar surface area (TPSA) is 68.2 Å². The van der Waals surface area contributed by atoms with Gasteiger partial charge in [-0.05, 0) is 36.1 Å². The van der Waals surface area contributed by atoms with Crippen LogP contribution in [0.4, 0.5) is 4.79 Å². The number of methoxy groups -OCH3 is 1. The van der Waals surface area contributed by atoms with Crippen molar-refractivity contribution >= 4 is 6.09 Å². The Hall–Kier alpha value is -2.57. The molecule has 0 spiro atoms. The van der Waals surface area contributed by atoms with E-state index in [-0.39, 0.29) is 24.8 Å². The number of hydrogen-bond donors (Lipinski definition) is 1. The lowest BCUT2D eigenvalue weighted by Gasteiger charge is -2.51. The molecule has 29 heavy (non-hydrogen) atoms. The lowest BCUT2D eigenvalue weighted by Crippen LogP contribution is -2.64. The summed E-state index contributed by atoms with van der Waals surface area (Å²) in [5.41, 5.74) is 1.08. The van der Waals surface area contributed by atoms with Crippen molar-refractivity contribution in [3.05, 3.63) is 65.7 Å². The molecule has 0 aliphatic carbocycles. The van der Waals surface area contributed by atoms with Crippen molar-refractivity contribution in [2.75, 3.05) is 20.3 Å². The van der Waals surface area contributed by atoms with E-state index in [1.807, 2.05) is 54.6 Å². The molecule has 2 aliphatic rings. The molecule has 2 aliphatic heterocycles. The standard InChI is InChI=1S/C23H27NO5/c1-27-21-9-5-8-18(10-21)11-23(26)12-19-15-28-16-20(13-23)24(19)22(25)29-14-17-6-3-2-4-7-17/h2-10,19-20,26H,11-16H2,1H3. The Bertz CT molecular complexity index is 826. The summed E-state index contributed by atoms with van der Waals surface area (Å²) in [5, 5.41) is 11.3. The number of benzene rings is 2. The third-order valence-corrected chi connectivity index (χ3v) is 5.72. The minimum Gasteiger partial charge on any atom is -0.497 e. The predicted octanol–water partition coefficient (Wildman–Crippen LogP) is 3.17. The molecule has 0 saturated carbocycles. The lowest BCUT2D eigenvalue weighted by atomic mass is 9.78. The van der Waals surface area contributed by atoms with E-state index in [2.05, 4.69) is 0 Å². The lowest BCUT2D eigenvalue weighted by molar-refractivity contribution is -0.132. The van der Waals surface area contributed by atoms with Crippen molar-refractivity contribution < 1.29 is 24.1 Å². The van der Waals surface area contributed by atoms with Crippen LogP contribution in [0.15, 0.2) is 54.6 Å². The molecule has 2 saturated heterocycles. The number of carbonyl (C=O) groups excluding carboxylic acids is 1. The van der Waals surface area contributed by atoms with Crippen molar-refractivity contribution in [1.82, 2.24) is 4.90 Å². The molecule has 0 radical (unpaired) electrons. The van der Waals surface area contributed by atoms with E-state index in [0.29, 0.717) is 32.5 Å². The van der Waals surface area contributed by atoms with Crippen LogP contribution in [0.25, 0.3) is 0 Å². The van der Waals surface area contributed by atoms with Crippen molar-refractivity contribution in [3.8, 4) is 5.75 Å². The van der Waals surface area contributed by atoms with Crippen LogP contribution in [0.2, 0.25) is 0 Å². The highest BCUT2D eigenvalue weighted by molar-refractivity contribution is 5.69. The van der Waals surface area contributed by atoms with Crippen LogP contribution >= 0.6 is 0 Å². The van der Waals surface area contributed by atoms with Gasteiger partial charge in [0.15, 0.2) is 0 Å². The van der Waals surface area contributed by atoms with Crippen LogP contribution in [-0.4, -0.2) is 54.1 Å². The zero-order valence-electron chi connectivity index (χ0n) is 16.6. The normalized spacial score (nSPS) is 26.1. The molecular formula is C23H27NO5. The molecule has 2 heterocycles. The van der Waals surface area contributed by atoms with Gasteiger partial charge in [0.05, 0.1) is 38.0 Å². The van der Waals surface area contributed by atoms with Gasteiger partial charge >= 0.3 is 6.09 Å². The number of morpholine rings is 1. The van der Waals surface area contributed by atoms with Gasteiger partial charge in [-0.25, -0.2) is 4.79 Å². The smallest absolute Gasteiger partial charge is 0.410 e. The van der Waals surface area contributed by atoms with Crippen molar-refractivity contribution in [1.29, 1.82) is 0 Å². The summed E-state index contributed by atoms with van der Waals surface area (Å²) in [6, 6.07) is 17.0. The maximum atomic E-state index is 12.8. The van der Waals surface area contributed by atoms with Crippen molar-refractivity contribution in [2.45, 2.75) is 43.6 Å². The maximum absolute atomic E-state index is 12.8. The third kappa shape index (κ3) is 4.54. The van der Waals surface area contributed by atoms with Crippen LogP contribution in [-0.2, 0) is 22.5 Å². The molecule has 2 fully saturated rings. The minimum atomic E-state index is -0.887. The fraction of sp³-hybridized carbons (Fsp3) is 0.435. The number of fused-ring (bicyclic) bond motifs is 2. The number of amides is 1. The fourth-order valence-corrected chi connectivity index (χ4v) is 4.47. The molecule has 1 amide bonds. The highest BCUT2D eigenvalue weighted by Crippen LogP contribution is 2.37. The SMILES string of the molecule is COc1cccc(CC2(O)CC3COCC(C2)N3C(=O)OCc2ccccc2)c1. The molecule has 154 valence electrons. The Morgan fingerprint density at radius 1 is 1.10 bits per heavy atom. The van der Waals surface area contributed by atoms with E-state index in [4.69, 9.17) is 14.2 Å². The molecule has 2 aromatic rings. The van der Waals surface area contributed by atoms with Crippen LogP contribution in [0, 0.1) is 0 Å². The highest BCUT2D eigenvalue weighted by Gasteiger charge is 2.48. The third-order valence-electron chi connectivity index (χ3n) is 5.72. The second-order valence-corrected chi connectivity index (χ2v) is 7.95. The summed E-state index contributed by atoms with van der Waals surface area (Å²) in [7, 11) is 1.63. The second-order valence-electron chi connectivity index (χ2n) is 7.95. The molecule has 6 nitrogen and oxygen atoms in total. The fourth-order valence-electron chi connectivity index (χ4n) is 4.47. The number of hydrogen-bond acceptors (Lipinski definition) is 5. The summed E-state index contributed by atoms with van der Waals surface area (Å²) in [6.07, 6.45) is 1.10. The van der Waals surface area contributed by atoms with Gasteiger partial charge in [-0.3, -0.25) is 4.90 Å². The zero-order valence-corrected chi connectivity index (χ0v) is 16.6. The van der Waals surface area contributed by atoms with E-state index in [1.54, 1.807) is 12.0 Å². The minimum absolute atomic E-state index is 0.193. The molecule has 1 N–H and O–H groups in total. The van der Waals surface area contributed by atoms with Gasteiger partial charge < -0.3 is 19.3 Å². The number of nitrogens with zero attached hydrogens (tertiary/aromatic N) is 1. The van der Waals surface area contributed by atoms with Crippen LogP contribution in [0.1, 0.15) is 24.0 Å². The van der Waals surface area contributed by atoms with Gasteiger partial charge in [0.25, 0.3) is 0 Å². The molecule has 2 bridgehead atoms. The molecule has 6 heteroatoms. The van der Waals surface area contributed by atoms with Gasteiger partial charge in [-0.2, -0.15) is 0 Å². The average molecular weight is 397 g/mol. The summed E-state index contributed by atoms with van der Waals surface area (Å²) in [4.78, 5) is 14.6. The van der Waals surface area contributed by atoms with Crippen LogP contribution in [0.5, 0.6) is 5.75 Å². The molecule has 0 aromatic heterocycles. The van der Waals surface area contributed by atoms with Gasteiger partial charge in [0.1, 0.15) is 12.4 Å². The van der Waals surface area contributed by atoms with E-state index < -0.39 is 5.60 Å². The summed E-state index contributed by atoms with van der Waals surface area (Å²) < 4.78 is 16.5. The van der Waals surface area contributed by atoms with Gasteiger partial charge in [0, 0.05) is 6.42 Å². The number of carbonyl (C=O) groups is 1. The monoisotopic (exact) mass is 397 g/mol. The molecular weight excluding hydrogens is 370 g/mol. The van der Waals surface area contributed by atoms with Gasteiger partial charge in [-0.1, -0.05) is 42.5 Å². The van der Waals surface area contributed by atoms with Gasteiger partial charge in [0.2, 0.25) is 0 Å². The molecule has 2 atom stereocenters. The number of rotatable bonds is 5. The van der Waals surface area contributed by atoms with Crippen molar-refractivity contribution in [2.24, 2.45) is 0 Å². The van der Waals surface area contributed by atoms with E-state index in [9.17, 15) is 9.90 Å². The first-order valence-corrected chi connectivity index (χ1v) is 9.98. The molecule has 4 rings (SSSR count). The number of aliphatic hydroxyl groups is 1.